The maximum Gasteiger partial charge on any atom is 0.307 e. The molecule has 0 spiro atoms. The summed E-state index contributed by atoms with van der Waals surface area (Å²) in [5.74, 6) is -0.250. The number of ether oxygens (including phenoxy) is 1. The summed E-state index contributed by atoms with van der Waals surface area (Å²) in [7, 11) is -0.915. The van der Waals surface area contributed by atoms with Gasteiger partial charge in [0.05, 0.1) is 38.0 Å². The van der Waals surface area contributed by atoms with E-state index in [1.807, 2.05) is 30.3 Å². The van der Waals surface area contributed by atoms with E-state index < -0.39 is 22.0 Å². The van der Waals surface area contributed by atoms with Gasteiger partial charge in [0.25, 0.3) is 10.0 Å². The fourth-order valence-corrected chi connectivity index (χ4v) is 6.35. The largest absolute Gasteiger partial charge is 0.508 e. The number of phenols is 1. The number of benzene rings is 2. The highest BCUT2D eigenvalue weighted by molar-refractivity contribution is 7.91. The highest BCUT2D eigenvalue weighted by Crippen LogP contribution is 2.32. The summed E-state index contributed by atoms with van der Waals surface area (Å²) in [4.78, 5) is 12.9. The molecule has 11 heteroatoms. The predicted octanol–water partition coefficient (Wildman–Crippen LogP) is 3.88. The van der Waals surface area contributed by atoms with Crippen LogP contribution in [0.25, 0.3) is 10.4 Å². The van der Waals surface area contributed by atoms with Crippen molar-refractivity contribution in [2.24, 2.45) is 0 Å². The van der Waals surface area contributed by atoms with Crippen LogP contribution in [0.5, 0.6) is 5.75 Å². The molecule has 0 saturated heterocycles. The maximum absolute atomic E-state index is 13.2. The van der Waals surface area contributed by atoms with Gasteiger partial charge in [-0.15, -0.1) is 16.4 Å². The first kappa shape index (κ1) is 25.5. The second kappa shape index (κ2) is 11.0. The minimum atomic E-state index is -3.73. The second-order valence-corrected chi connectivity index (χ2v) is 11.6. The van der Waals surface area contributed by atoms with Crippen molar-refractivity contribution in [3.8, 4) is 16.2 Å². The summed E-state index contributed by atoms with van der Waals surface area (Å²) in [5, 5.41) is 17.8. The maximum atomic E-state index is 13.2. The summed E-state index contributed by atoms with van der Waals surface area (Å²) in [6.07, 6.45) is 2.15. The Hall–Kier alpha value is -3.54. The van der Waals surface area contributed by atoms with Gasteiger partial charge in [0.1, 0.15) is 9.96 Å². The Morgan fingerprint density at radius 3 is 2.53 bits per heavy atom. The Morgan fingerprint density at radius 2 is 1.83 bits per heavy atom. The van der Waals surface area contributed by atoms with Gasteiger partial charge in [-0.1, -0.05) is 47.7 Å². The third-order valence-corrected chi connectivity index (χ3v) is 9.06. The topological polar surface area (TPSA) is 115 Å². The van der Waals surface area contributed by atoms with Crippen LogP contribution < -0.4 is 0 Å². The molecule has 0 saturated carbocycles. The third kappa shape index (κ3) is 5.99. The number of nitrogens with zero attached hydrogens (tertiary/aromatic N) is 4. The van der Waals surface area contributed by atoms with E-state index in [-0.39, 0.29) is 22.9 Å². The number of aromatic hydroxyl groups is 1. The molecule has 36 heavy (non-hydrogen) atoms. The first-order chi connectivity index (χ1) is 17.3. The van der Waals surface area contributed by atoms with Crippen molar-refractivity contribution >= 4 is 27.3 Å². The summed E-state index contributed by atoms with van der Waals surface area (Å²) in [6.45, 7) is 0.0189. The molecule has 0 fully saturated rings. The minimum Gasteiger partial charge on any atom is -0.508 e. The van der Waals surface area contributed by atoms with Gasteiger partial charge in [0.15, 0.2) is 0 Å². The number of carbonyl (C=O) groups excluding carboxylic acids is 1. The van der Waals surface area contributed by atoms with Gasteiger partial charge in [-0.05, 0) is 41.8 Å². The summed E-state index contributed by atoms with van der Waals surface area (Å²) in [5.41, 5.74) is 2.30. The minimum absolute atomic E-state index is 0.0189. The zero-order valence-electron chi connectivity index (χ0n) is 19.8. The Bertz CT molecular complexity index is 1420. The molecule has 2 aromatic carbocycles. The van der Waals surface area contributed by atoms with Gasteiger partial charge in [-0.25, -0.2) is 13.1 Å². The molecule has 0 aliphatic rings. The van der Waals surface area contributed by atoms with E-state index in [0.29, 0.717) is 12.1 Å². The molecule has 0 bridgehead atoms. The van der Waals surface area contributed by atoms with Crippen LogP contribution in [0.4, 0.5) is 0 Å². The zero-order chi connectivity index (χ0) is 25.7. The molecule has 1 N–H and O–H groups in total. The number of phenolic OH excluding ortho intramolecular Hbond substituents is 1. The first-order valence-corrected chi connectivity index (χ1v) is 13.4. The highest BCUT2D eigenvalue weighted by atomic mass is 32.2. The van der Waals surface area contributed by atoms with Crippen LogP contribution in [0.3, 0.4) is 0 Å². The van der Waals surface area contributed by atoms with Gasteiger partial charge in [0, 0.05) is 11.9 Å². The summed E-state index contributed by atoms with van der Waals surface area (Å²) in [6, 6.07) is 19.3. The highest BCUT2D eigenvalue weighted by Gasteiger charge is 2.25. The van der Waals surface area contributed by atoms with E-state index in [1.165, 1.54) is 29.8 Å². The molecule has 0 aliphatic heterocycles. The zero-order valence-corrected chi connectivity index (χ0v) is 21.4. The van der Waals surface area contributed by atoms with Gasteiger partial charge in [-0.2, -0.15) is 4.31 Å². The molecule has 0 radical (unpaired) electrons. The number of hydrogen-bond acceptors (Lipinski definition) is 8. The van der Waals surface area contributed by atoms with E-state index in [4.69, 9.17) is 4.74 Å². The monoisotopic (exact) mass is 526 g/mol. The van der Waals surface area contributed by atoms with Gasteiger partial charge in [-0.3, -0.25) is 4.79 Å². The second-order valence-electron chi connectivity index (χ2n) is 8.24. The lowest BCUT2D eigenvalue weighted by atomic mass is 10.0. The third-order valence-electron chi connectivity index (χ3n) is 5.66. The van der Waals surface area contributed by atoms with Crippen molar-refractivity contribution in [2.75, 3.05) is 14.2 Å². The van der Waals surface area contributed by atoms with Gasteiger partial charge < -0.3 is 9.84 Å². The van der Waals surface area contributed by atoms with Crippen LogP contribution in [-0.2, 0) is 32.5 Å². The fourth-order valence-electron chi connectivity index (χ4n) is 3.69. The normalized spacial score (nSPS) is 12.5. The quantitative estimate of drug-likeness (QED) is 0.312. The number of hydrogen-bond donors (Lipinski definition) is 1. The van der Waals surface area contributed by atoms with E-state index in [1.54, 1.807) is 47.3 Å². The van der Waals surface area contributed by atoms with E-state index in [0.717, 1.165) is 16.0 Å². The lowest BCUT2D eigenvalue weighted by molar-refractivity contribution is -0.141. The standard InChI is InChI=1S/C25H26N4O5S2/c1-28(36(32,33)25-13-12-23(35-25)19-6-4-3-5-7-19)16-20-17-29(27-26-20)21(15-24(31)34-2)14-18-8-10-22(30)11-9-18/h3-13,17,21,30H,14-16H2,1-2H3/t21-/m0/s1. The molecule has 1 atom stereocenters. The summed E-state index contributed by atoms with van der Waals surface area (Å²) >= 11 is 1.21. The molecule has 188 valence electrons. The van der Waals surface area contributed by atoms with Crippen LogP contribution in [-0.4, -0.2) is 53.0 Å². The molecule has 4 rings (SSSR count). The Morgan fingerprint density at radius 1 is 1.11 bits per heavy atom. The van der Waals surface area contributed by atoms with E-state index in [9.17, 15) is 18.3 Å². The number of esters is 1. The molecule has 0 unspecified atom stereocenters. The van der Waals surface area contributed by atoms with Crippen molar-refractivity contribution in [2.45, 2.75) is 29.6 Å². The smallest absolute Gasteiger partial charge is 0.307 e. The van der Waals surface area contributed by atoms with Gasteiger partial charge in [0.2, 0.25) is 0 Å². The Balaban J connectivity index is 1.49. The van der Waals surface area contributed by atoms with Crippen molar-refractivity contribution < 1.29 is 23.1 Å². The van der Waals surface area contributed by atoms with Crippen LogP contribution in [0, 0.1) is 0 Å². The molecular formula is C25H26N4O5S2. The summed E-state index contributed by atoms with van der Waals surface area (Å²) < 4.78 is 34.2. The number of rotatable bonds is 10. The molecule has 0 aliphatic carbocycles. The number of thiophene rings is 1. The SMILES string of the molecule is COC(=O)C[C@H](Cc1ccc(O)cc1)n1cc(CN(C)S(=O)(=O)c2ccc(-c3ccccc3)s2)nn1. The van der Waals surface area contributed by atoms with Crippen molar-refractivity contribution in [1.82, 2.24) is 19.3 Å². The average molecular weight is 527 g/mol. The van der Waals surface area contributed by atoms with E-state index in [2.05, 4.69) is 10.3 Å². The van der Waals surface area contributed by atoms with Crippen LogP contribution in [0.1, 0.15) is 23.7 Å². The van der Waals surface area contributed by atoms with Crippen LogP contribution in [0.2, 0.25) is 0 Å². The fraction of sp³-hybridized carbons (Fsp3) is 0.240. The number of carbonyl (C=O) groups is 1. The number of methoxy groups -OCH3 is 1. The van der Waals surface area contributed by atoms with Crippen molar-refractivity contribution in [3.63, 3.8) is 0 Å². The lowest BCUT2D eigenvalue weighted by Crippen LogP contribution is -2.26. The van der Waals surface area contributed by atoms with Crippen molar-refractivity contribution in [1.29, 1.82) is 0 Å². The molecule has 9 nitrogen and oxygen atoms in total. The number of aromatic nitrogens is 3. The number of sulfonamides is 1. The molecule has 0 amide bonds. The predicted molar refractivity (Wildman–Crippen MR) is 136 cm³/mol. The Labute approximate surface area is 213 Å². The molecular weight excluding hydrogens is 500 g/mol. The Kier molecular flexibility index (Phi) is 7.82. The van der Waals surface area contributed by atoms with E-state index >= 15 is 0 Å². The average Bonchev–Trinajstić information content (AvgIpc) is 3.56. The van der Waals surface area contributed by atoms with Crippen LogP contribution in [0.15, 0.2) is 77.1 Å². The molecule has 2 aromatic heterocycles. The van der Waals surface area contributed by atoms with Crippen LogP contribution >= 0.6 is 11.3 Å². The molecule has 2 heterocycles. The van der Waals surface area contributed by atoms with Crippen molar-refractivity contribution in [3.05, 3.63) is 84.2 Å². The first-order valence-electron chi connectivity index (χ1n) is 11.1. The lowest BCUT2D eigenvalue weighted by Gasteiger charge is -2.16. The van der Waals surface area contributed by atoms with Gasteiger partial charge >= 0.3 is 5.97 Å². The molecule has 4 aromatic rings.